The molecule has 1 aliphatic heterocycles. The van der Waals surface area contributed by atoms with Crippen LogP contribution in [0.3, 0.4) is 0 Å². The maximum Gasteiger partial charge on any atom is 0.150 e. The lowest BCUT2D eigenvalue weighted by Gasteiger charge is -2.27. The van der Waals surface area contributed by atoms with Crippen LogP contribution in [0, 0.1) is 34.3 Å². The topological polar surface area (TPSA) is 27.0 Å². The molecule has 0 radical (unpaired) electrons. The Morgan fingerprint density at radius 1 is 1.26 bits per heavy atom. The zero-order valence-corrected chi connectivity index (χ0v) is 11.5. The molecule has 0 N–H and O–H groups in total. The first-order valence-corrected chi connectivity index (χ1v) is 6.47. The quantitative estimate of drug-likeness (QED) is 0.773. The van der Waals surface area contributed by atoms with Crippen LogP contribution in [0.5, 0.6) is 0 Å². The summed E-state index contributed by atoms with van der Waals surface area (Å²) in [6.45, 7) is 7.75. The van der Waals surface area contributed by atoms with E-state index in [0.717, 1.165) is 18.6 Å². The molecular formula is C15H18F2N2. The van der Waals surface area contributed by atoms with E-state index in [9.17, 15) is 8.78 Å². The monoisotopic (exact) mass is 264 g/mol. The Hall–Kier alpha value is -1.63. The van der Waals surface area contributed by atoms with Gasteiger partial charge in [-0.25, -0.2) is 8.78 Å². The molecule has 2 nitrogen and oxygen atoms in total. The Morgan fingerprint density at radius 2 is 1.84 bits per heavy atom. The largest absolute Gasteiger partial charge is 0.366 e. The second-order valence-electron chi connectivity index (χ2n) is 6.20. The molecule has 102 valence electrons. The van der Waals surface area contributed by atoms with Gasteiger partial charge < -0.3 is 4.90 Å². The Kier molecular flexibility index (Phi) is 3.49. The SMILES string of the molecule is CC(C)(C)C1CCN(c2c(F)cc(C#N)cc2F)C1. The fraction of sp³-hybridized carbons (Fsp3) is 0.533. The molecule has 1 unspecified atom stereocenters. The first-order chi connectivity index (χ1) is 8.82. The van der Waals surface area contributed by atoms with Crippen LogP contribution in [0.4, 0.5) is 14.5 Å². The fourth-order valence-electron chi connectivity index (χ4n) is 2.60. The van der Waals surface area contributed by atoms with E-state index in [-0.39, 0.29) is 16.7 Å². The summed E-state index contributed by atoms with van der Waals surface area (Å²) in [5, 5.41) is 8.69. The second kappa shape index (κ2) is 4.80. The van der Waals surface area contributed by atoms with Crippen molar-refractivity contribution < 1.29 is 8.78 Å². The van der Waals surface area contributed by atoms with Gasteiger partial charge in [-0.15, -0.1) is 0 Å². The molecule has 1 atom stereocenters. The second-order valence-corrected chi connectivity index (χ2v) is 6.20. The molecular weight excluding hydrogens is 246 g/mol. The number of nitriles is 1. The lowest BCUT2D eigenvalue weighted by atomic mass is 9.80. The van der Waals surface area contributed by atoms with E-state index in [1.165, 1.54) is 0 Å². The summed E-state index contributed by atoms with van der Waals surface area (Å²) in [7, 11) is 0. The van der Waals surface area contributed by atoms with Crippen LogP contribution in [0.2, 0.25) is 0 Å². The predicted molar refractivity (Wildman–Crippen MR) is 70.8 cm³/mol. The lowest BCUT2D eigenvalue weighted by molar-refractivity contribution is 0.263. The molecule has 0 spiro atoms. The fourth-order valence-corrected chi connectivity index (χ4v) is 2.60. The lowest BCUT2D eigenvalue weighted by Crippen LogP contribution is -2.27. The highest BCUT2D eigenvalue weighted by Gasteiger charge is 2.33. The molecule has 1 heterocycles. The van der Waals surface area contributed by atoms with E-state index >= 15 is 0 Å². The minimum atomic E-state index is -0.647. The zero-order valence-electron chi connectivity index (χ0n) is 11.5. The van der Waals surface area contributed by atoms with Gasteiger partial charge in [0.05, 0.1) is 11.6 Å². The highest BCUT2D eigenvalue weighted by atomic mass is 19.1. The summed E-state index contributed by atoms with van der Waals surface area (Å²) in [5.74, 6) is -0.876. The van der Waals surface area contributed by atoms with Crippen LogP contribution in [0.25, 0.3) is 0 Å². The number of nitrogens with zero attached hydrogens (tertiary/aromatic N) is 2. The molecule has 1 fully saturated rings. The predicted octanol–water partition coefficient (Wildman–Crippen LogP) is 3.71. The summed E-state index contributed by atoms with van der Waals surface area (Å²) < 4.78 is 27.9. The summed E-state index contributed by atoms with van der Waals surface area (Å²) in [5.41, 5.74) is 0.157. The van der Waals surface area contributed by atoms with Gasteiger partial charge in [0.2, 0.25) is 0 Å². The number of anilines is 1. The molecule has 1 aromatic carbocycles. The minimum Gasteiger partial charge on any atom is -0.366 e. The van der Waals surface area contributed by atoms with Gasteiger partial charge in [-0.2, -0.15) is 5.26 Å². The molecule has 1 saturated heterocycles. The van der Waals surface area contributed by atoms with E-state index < -0.39 is 11.6 Å². The normalized spacial score (nSPS) is 19.6. The summed E-state index contributed by atoms with van der Waals surface area (Å²) in [6, 6.07) is 3.96. The molecule has 1 aromatic rings. The van der Waals surface area contributed by atoms with Crippen molar-refractivity contribution in [3.8, 4) is 6.07 Å². The first-order valence-electron chi connectivity index (χ1n) is 6.47. The highest BCUT2D eigenvalue weighted by Crippen LogP contribution is 2.37. The van der Waals surface area contributed by atoms with E-state index in [4.69, 9.17) is 5.26 Å². The Morgan fingerprint density at radius 3 is 2.26 bits per heavy atom. The standard InChI is InChI=1S/C15H18F2N2/c1-15(2,3)11-4-5-19(9-11)14-12(16)6-10(8-18)7-13(14)17/h6-7,11H,4-5,9H2,1-3H3. The molecule has 4 heteroatoms. The van der Waals surface area contributed by atoms with E-state index in [1.807, 2.05) is 0 Å². The van der Waals surface area contributed by atoms with Gasteiger partial charge in [-0.05, 0) is 29.9 Å². The summed E-state index contributed by atoms with van der Waals surface area (Å²) >= 11 is 0. The molecule has 0 saturated carbocycles. The van der Waals surface area contributed by atoms with Gasteiger partial charge in [0, 0.05) is 13.1 Å². The third-order valence-electron chi connectivity index (χ3n) is 3.88. The van der Waals surface area contributed by atoms with Crippen molar-refractivity contribution in [2.24, 2.45) is 11.3 Å². The van der Waals surface area contributed by atoms with Crippen molar-refractivity contribution in [1.82, 2.24) is 0 Å². The first kappa shape index (κ1) is 13.8. The average molecular weight is 264 g/mol. The van der Waals surface area contributed by atoms with Crippen LogP contribution in [0.1, 0.15) is 32.8 Å². The molecule has 19 heavy (non-hydrogen) atoms. The maximum absolute atomic E-state index is 13.9. The summed E-state index contributed by atoms with van der Waals surface area (Å²) in [4.78, 5) is 1.75. The van der Waals surface area contributed by atoms with Crippen molar-refractivity contribution in [3.05, 3.63) is 29.3 Å². The van der Waals surface area contributed by atoms with Gasteiger partial charge in [-0.3, -0.25) is 0 Å². The van der Waals surface area contributed by atoms with Gasteiger partial charge in [0.1, 0.15) is 5.69 Å². The molecule has 1 aliphatic rings. The third-order valence-corrected chi connectivity index (χ3v) is 3.88. The van der Waals surface area contributed by atoms with E-state index in [0.29, 0.717) is 19.0 Å². The third kappa shape index (κ3) is 2.70. The van der Waals surface area contributed by atoms with Gasteiger partial charge in [-0.1, -0.05) is 20.8 Å². The van der Waals surface area contributed by atoms with E-state index in [2.05, 4.69) is 20.8 Å². The maximum atomic E-state index is 13.9. The number of rotatable bonds is 1. The average Bonchev–Trinajstić information content (AvgIpc) is 2.76. The van der Waals surface area contributed by atoms with Crippen LogP contribution in [0.15, 0.2) is 12.1 Å². The summed E-state index contributed by atoms with van der Waals surface area (Å²) in [6.07, 6.45) is 0.933. The van der Waals surface area contributed by atoms with E-state index in [1.54, 1.807) is 11.0 Å². The van der Waals surface area contributed by atoms with Crippen molar-refractivity contribution in [2.45, 2.75) is 27.2 Å². The van der Waals surface area contributed by atoms with Crippen molar-refractivity contribution >= 4 is 5.69 Å². The van der Waals surface area contributed by atoms with Crippen LogP contribution < -0.4 is 4.90 Å². The van der Waals surface area contributed by atoms with Crippen molar-refractivity contribution in [3.63, 3.8) is 0 Å². The van der Waals surface area contributed by atoms with Crippen molar-refractivity contribution in [2.75, 3.05) is 18.0 Å². The molecule has 0 amide bonds. The van der Waals surface area contributed by atoms with Gasteiger partial charge in [0.15, 0.2) is 11.6 Å². The van der Waals surface area contributed by atoms with Crippen LogP contribution >= 0.6 is 0 Å². The Labute approximate surface area is 112 Å². The number of hydrogen-bond donors (Lipinski definition) is 0. The highest BCUT2D eigenvalue weighted by molar-refractivity contribution is 5.53. The van der Waals surface area contributed by atoms with Crippen molar-refractivity contribution in [1.29, 1.82) is 5.26 Å². The number of hydrogen-bond acceptors (Lipinski definition) is 2. The minimum absolute atomic E-state index is 0.00532. The van der Waals surface area contributed by atoms with Gasteiger partial charge >= 0.3 is 0 Å². The molecule has 0 aromatic heterocycles. The molecule has 0 bridgehead atoms. The number of benzene rings is 1. The van der Waals surface area contributed by atoms with Gasteiger partial charge in [0.25, 0.3) is 0 Å². The zero-order chi connectivity index (χ0) is 14.2. The van der Waals surface area contributed by atoms with Crippen LogP contribution in [-0.2, 0) is 0 Å². The van der Waals surface area contributed by atoms with Crippen LogP contribution in [-0.4, -0.2) is 13.1 Å². The number of halogens is 2. The Balaban J connectivity index is 2.28. The molecule has 0 aliphatic carbocycles. The Bertz CT molecular complexity index is 503. The molecule has 2 rings (SSSR count). The smallest absolute Gasteiger partial charge is 0.150 e.